The van der Waals surface area contributed by atoms with Crippen LogP contribution in [0.2, 0.25) is 10.0 Å². The van der Waals surface area contributed by atoms with Gasteiger partial charge in [0.05, 0.1) is 22.4 Å². The summed E-state index contributed by atoms with van der Waals surface area (Å²) in [6.45, 7) is 16.3. The molecular formula is C22H28B2Cl2O4. The minimum atomic E-state index is -0.587. The van der Waals surface area contributed by atoms with Crippen molar-refractivity contribution < 1.29 is 18.6 Å². The van der Waals surface area contributed by atoms with E-state index in [1.165, 1.54) is 0 Å². The fourth-order valence-corrected chi connectivity index (χ4v) is 4.24. The molecule has 160 valence electrons. The summed E-state index contributed by atoms with van der Waals surface area (Å²) in [5.74, 6) is 0. The Bertz CT molecular complexity index is 988. The van der Waals surface area contributed by atoms with Crippen LogP contribution in [-0.4, -0.2) is 36.6 Å². The Morgan fingerprint density at radius 2 is 1.07 bits per heavy atom. The highest BCUT2D eigenvalue weighted by atomic mass is 35.5. The van der Waals surface area contributed by atoms with E-state index in [-0.39, 0.29) is 0 Å². The summed E-state index contributed by atoms with van der Waals surface area (Å²) in [6, 6.07) is 7.56. The Morgan fingerprint density at radius 1 is 0.633 bits per heavy atom. The molecule has 0 unspecified atom stereocenters. The summed E-state index contributed by atoms with van der Waals surface area (Å²) >= 11 is 13.1. The lowest BCUT2D eigenvalue weighted by Gasteiger charge is -2.32. The lowest BCUT2D eigenvalue weighted by atomic mass is 9.68. The third-order valence-electron chi connectivity index (χ3n) is 7.10. The van der Waals surface area contributed by atoms with Gasteiger partial charge in [0.1, 0.15) is 0 Å². The predicted molar refractivity (Wildman–Crippen MR) is 125 cm³/mol. The zero-order valence-electron chi connectivity index (χ0n) is 18.9. The van der Waals surface area contributed by atoms with Crippen LogP contribution < -0.4 is 10.9 Å². The first-order valence-electron chi connectivity index (χ1n) is 10.3. The fourth-order valence-electron chi connectivity index (χ4n) is 3.80. The summed E-state index contributed by atoms with van der Waals surface area (Å²) < 4.78 is 25.4. The topological polar surface area (TPSA) is 36.9 Å². The predicted octanol–water partition coefficient (Wildman–Crippen LogP) is 4.75. The first kappa shape index (κ1) is 22.4. The van der Waals surface area contributed by atoms with Gasteiger partial charge >= 0.3 is 14.2 Å². The van der Waals surface area contributed by atoms with E-state index in [0.717, 1.165) is 21.7 Å². The van der Waals surface area contributed by atoms with E-state index >= 15 is 0 Å². The Labute approximate surface area is 189 Å². The molecule has 0 amide bonds. The number of rotatable bonds is 2. The van der Waals surface area contributed by atoms with Crippen molar-refractivity contribution in [3.63, 3.8) is 0 Å². The highest BCUT2D eigenvalue weighted by Crippen LogP contribution is 2.39. The van der Waals surface area contributed by atoms with Crippen molar-refractivity contribution in [2.45, 2.75) is 77.8 Å². The lowest BCUT2D eigenvalue weighted by Crippen LogP contribution is -2.41. The minimum Gasteiger partial charge on any atom is -0.399 e. The second kappa shape index (κ2) is 6.87. The molecule has 2 aromatic rings. The van der Waals surface area contributed by atoms with E-state index in [1.54, 1.807) is 0 Å². The Balaban J connectivity index is 1.92. The Morgan fingerprint density at radius 3 is 1.53 bits per heavy atom. The standard InChI is InChI=1S/C22H28B2Cl2O4/c1-19(2)20(3,4)28-23(27-19)15-9-10-17(26)14-11-13(25)12-16(18(14)15)24-29-21(5,6)22(7,8)30-24/h9-12H,1-8H3. The van der Waals surface area contributed by atoms with Crippen molar-refractivity contribution >= 4 is 59.1 Å². The number of hydrogen-bond acceptors (Lipinski definition) is 4. The molecule has 0 aliphatic carbocycles. The largest absolute Gasteiger partial charge is 0.495 e. The molecule has 0 bridgehead atoms. The summed E-state index contributed by atoms with van der Waals surface area (Å²) in [4.78, 5) is 0. The van der Waals surface area contributed by atoms with Crippen LogP contribution in [0.5, 0.6) is 0 Å². The molecule has 0 aromatic heterocycles. The van der Waals surface area contributed by atoms with Gasteiger partial charge in [0.2, 0.25) is 0 Å². The molecule has 2 aromatic carbocycles. The molecule has 0 spiro atoms. The van der Waals surface area contributed by atoms with Crippen molar-refractivity contribution in [2.24, 2.45) is 0 Å². The molecule has 8 heteroatoms. The molecule has 4 rings (SSSR count). The maximum Gasteiger partial charge on any atom is 0.495 e. The number of benzene rings is 2. The molecule has 0 N–H and O–H groups in total. The monoisotopic (exact) mass is 448 g/mol. The van der Waals surface area contributed by atoms with E-state index in [4.69, 9.17) is 41.8 Å². The van der Waals surface area contributed by atoms with Crippen LogP contribution in [-0.2, 0) is 18.6 Å². The molecule has 2 fully saturated rings. The van der Waals surface area contributed by atoms with Gasteiger partial charge in [-0.1, -0.05) is 29.3 Å². The molecule has 2 aliphatic heterocycles. The van der Waals surface area contributed by atoms with Gasteiger partial charge in [0.25, 0.3) is 0 Å². The zero-order valence-corrected chi connectivity index (χ0v) is 20.4. The van der Waals surface area contributed by atoms with Crippen molar-refractivity contribution in [2.75, 3.05) is 0 Å². The average molecular weight is 449 g/mol. The van der Waals surface area contributed by atoms with Gasteiger partial charge in [-0.05, 0) is 89.9 Å². The summed E-state index contributed by atoms with van der Waals surface area (Å²) in [6.07, 6.45) is 0. The molecule has 2 saturated heterocycles. The smallest absolute Gasteiger partial charge is 0.399 e. The second-order valence-corrected chi connectivity index (χ2v) is 11.1. The molecule has 4 nitrogen and oxygen atoms in total. The molecule has 0 radical (unpaired) electrons. The molecule has 2 aliphatic rings. The first-order valence-corrected chi connectivity index (χ1v) is 11.0. The lowest BCUT2D eigenvalue weighted by molar-refractivity contribution is 0.00578. The van der Waals surface area contributed by atoms with E-state index in [2.05, 4.69) is 0 Å². The molecule has 0 atom stereocenters. The summed E-state index contributed by atoms with van der Waals surface area (Å²) in [5, 5.41) is 2.88. The quantitative estimate of drug-likeness (QED) is 0.621. The maximum absolute atomic E-state index is 6.59. The average Bonchev–Trinajstić information content (AvgIpc) is 2.94. The van der Waals surface area contributed by atoms with Crippen LogP contribution >= 0.6 is 23.2 Å². The first-order chi connectivity index (χ1) is 13.7. The number of halogens is 2. The van der Waals surface area contributed by atoms with Crippen molar-refractivity contribution in [3.05, 3.63) is 34.3 Å². The van der Waals surface area contributed by atoms with Gasteiger partial charge in [0, 0.05) is 15.4 Å². The van der Waals surface area contributed by atoms with Crippen LogP contribution in [0, 0.1) is 0 Å². The van der Waals surface area contributed by atoms with Gasteiger partial charge in [-0.25, -0.2) is 0 Å². The normalized spacial score (nSPS) is 24.1. The van der Waals surface area contributed by atoms with Gasteiger partial charge in [-0.2, -0.15) is 0 Å². The SMILES string of the molecule is CC1(C)OB(c2ccc(Cl)c3cc(Cl)cc(B4OC(C)(C)C(C)(C)O4)c23)OC1(C)C. The zero-order chi connectivity index (χ0) is 22.3. The Hall–Kier alpha value is -0.750. The Kier molecular flexibility index (Phi) is 5.14. The molecule has 0 saturated carbocycles. The highest BCUT2D eigenvalue weighted by molar-refractivity contribution is 6.72. The summed E-state index contributed by atoms with van der Waals surface area (Å²) in [7, 11) is -1.13. The van der Waals surface area contributed by atoms with Crippen molar-refractivity contribution in [3.8, 4) is 0 Å². The van der Waals surface area contributed by atoms with Crippen LogP contribution in [0.1, 0.15) is 55.4 Å². The van der Waals surface area contributed by atoms with Crippen LogP contribution in [0.3, 0.4) is 0 Å². The summed E-state index contributed by atoms with van der Waals surface area (Å²) in [5.41, 5.74) is -0.163. The third kappa shape index (κ3) is 3.41. The molecule has 30 heavy (non-hydrogen) atoms. The minimum absolute atomic E-state index is 0.458. The van der Waals surface area contributed by atoms with Crippen LogP contribution in [0.25, 0.3) is 10.8 Å². The van der Waals surface area contributed by atoms with E-state index < -0.39 is 36.6 Å². The second-order valence-electron chi connectivity index (χ2n) is 10.2. The van der Waals surface area contributed by atoms with E-state index in [9.17, 15) is 0 Å². The van der Waals surface area contributed by atoms with Crippen LogP contribution in [0.4, 0.5) is 0 Å². The highest BCUT2D eigenvalue weighted by Gasteiger charge is 2.54. The van der Waals surface area contributed by atoms with Gasteiger partial charge < -0.3 is 18.6 Å². The van der Waals surface area contributed by atoms with Crippen LogP contribution in [0.15, 0.2) is 24.3 Å². The number of fused-ring (bicyclic) bond motifs is 1. The van der Waals surface area contributed by atoms with Gasteiger partial charge in [-0.3, -0.25) is 0 Å². The van der Waals surface area contributed by atoms with Gasteiger partial charge in [0.15, 0.2) is 0 Å². The van der Waals surface area contributed by atoms with E-state index in [0.29, 0.717) is 10.0 Å². The van der Waals surface area contributed by atoms with E-state index in [1.807, 2.05) is 79.7 Å². The molecular weight excluding hydrogens is 421 g/mol. The maximum atomic E-state index is 6.59. The van der Waals surface area contributed by atoms with Gasteiger partial charge in [-0.15, -0.1) is 0 Å². The number of hydrogen-bond donors (Lipinski definition) is 0. The third-order valence-corrected chi connectivity index (χ3v) is 7.65. The van der Waals surface area contributed by atoms with Crippen molar-refractivity contribution in [1.29, 1.82) is 0 Å². The van der Waals surface area contributed by atoms with Crippen molar-refractivity contribution in [1.82, 2.24) is 0 Å². The fraction of sp³-hybridized carbons (Fsp3) is 0.545. The molecule has 2 heterocycles.